The summed E-state index contributed by atoms with van der Waals surface area (Å²) in [6.45, 7) is -1.33. The number of rotatable bonds is 7. The lowest BCUT2D eigenvalue weighted by molar-refractivity contribution is -0.136. The van der Waals surface area contributed by atoms with Crippen molar-refractivity contribution in [3.63, 3.8) is 0 Å². The van der Waals surface area contributed by atoms with Crippen molar-refractivity contribution in [2.45, 2.75) is 31.6 Å². The zero-order chi connectivity index (χ0) is 26.3. The Morgan fingerprint density at radius 2 is 2.16 bits per heavy atom. The third-order valence-corrected chi connectivity index (χ3v) is 6.21. The van der Waals surface area contributed by atoms with Crippen molar-refractivity contribution in [3.8, 4) is 17.0 Å². The molecule has 15 heteroatoms. The molecule has 1 aliphatic rings. The van der Waals surface area contributed by atoms with Crippen LogP contribution >= 0.6 is 0 Å². The van der Waals surface area contributed by atoms with Crippen LogP contribution in [-0.4, -0.2) is 91.0 Å². The standard InChI is InChI=1S/C22H22F4N8O3/c1-37-21-20-12(11-6-13(23)19-16(7-11)34(31-29-19)9-17(25)26)2-5-33(20)30-22(28-21)27-15-3-4-32(8-14(15)24)18(36)10-35/h2,5-7,14-15,17,35H,3-4,8-10H2,1H3,(H,27,30)/t14-,15+/m1/s1. The summed E-state index contributed by atoms with van der Waals surface area (Å²) in [6.07, 6.45) is -2.27. The van der Waals surface area contributed by atoms with Crippen molar-refractivity contribution >= 4 is 28.4 Å². The molecule has 2 atom stereocenters. The molecule has 1 aromatic carbocycles. The predicted molar refractivity (Wildman–Crippen MR) is 123 cm³/mol. The van der Waals surface area contributed by atoms with Crippen LogP contribution in [0.25, 0.3) is 27.7 Å². The van der Waals surface area contributed by atoms with Crippen molar-refractivity contribution in [3.05, 3.63) is 30.2 Å². The summed E-state index contributed by atoms with van der Waals surface area (Å²) < 4.78 is 63.2. The van der Waals surface area contributed by atoms with E-state index in [2.05, 4.69) is 25.7 Å². The Morgan fingerprint density at radius 1 is 1.35 bits per heavy atom. The van der Waals surface area contributed by atoms with Crippen LogP contribution in [0.3, 0.4) is 0 Å². The number of aliphatic hydroxyl groups is 1. The second-order valence-electron chi connectivity index (χ2n) is 8.51. The van der Waals surface area contributed by atoms with Crippen LogP contribution < -0.4 is 10.1 Å². The Bertz CT molecular complexity index is 1460. The summed E-state index contributed by atoms with van der Waals surface area (Å²) in [7, 11) is 1.38. The van der Waals surface area contributed by atoms with E-state index in [1.54, 1.807) is 12.3 Å². The first-order valence-electron chi connectivity index (χ1n) is 11.3. The number of aromatic nitrogens is 6. The van der Waals surface area contributed by atoms with E-state index in [0.29, 0.717) is 16.6 Å². The quantitative estimate of drug-likeness (QED) is 0.353. The molecule has 4 aromatic rings. The number of aliphatic hydroxyl groups excluding tert-OH is 1. The molecule has 196 valence electrons. The minimum atomic E-state index is -2.70. The highest BCUT2D eigenvalue weighted by atomic mass is 19.3. The number of likely N-dealkylation sites (tertiary alicyclic amines) is 1. The van der Waals surface area contributed by atoms with E-state index in [1.807, 2.05) is 0 Å². The van der Waals surface area contributed by atoms with Gasteiger partial charge in [0.15, 0.2) is 5.82 Å². The van der Waals surface area contributed by atoms with Gasteiger partial charge in [0, 0.05) is 18.3 Å². The number of hydrogen-bond acceptors (Lipinski definition) is 8. The number of piperidine rings is 1. The van der Waals surface area contributed by atoms with Gasteiger partial charge in [-0.3, -0.25) is 4.79 Å². The zero-order valence-electron chi connectivity index (χ0n) is 19.5. The number of ether oxygens (including phenoxy) is 1. The van der Waals surface area contributed by atoms with Gasteiger partial charge in [-0.15, -0.1) is 10.2 Å². The molecular weight excluding hydrogens is 500 g/mol. The first-order chi connectivity index (χ1) is 17.8. The highest BCUT2D eigenvalue weighted by molar-refractivity contribution is 5.89. The monoisotopic (exact) mass is 522 g/mol. The molecule has 4 heterocycles. The average Bonchev–Trinajstić information content (AvgIpc) is 3.48. The summed E-state index contributed by atoms with van der Waals surface area (Å²) in [6, 6.07) is 3.66. The van der Waals surface area contributed by atoms with Crippen LogP contribution in [0.5, 0.6) is 5.88 Å². The largest absolute Gasteiger partial charge is 0.479 e. The fourth-order valence-corrected chi connectivity index (χ4v) is 4.44. The van der Waals surface area contributed by atoms with Crippen LogP contribution in [0.1, 0.15) is 6.42 Å². The number of amides is 1. The van der Waals surface area contributed by atoms with E-state index in [-0.39, 0.29) is 42.4 Å². The number of alkyl halides is 3. The number of nitrogens with zero attached hydrogens (tertiary/aromatic N) is 7. The maximum atomic E-state index is 14.8. The number of benzene rings is 1. The second kappa shape index (κ2) is 9.80. The normalized spacial score (nSPS) is 18.2. The van der Waals surface area contributed by atoms with Gasteiger partial charge in [0.25, 0.3) is 6.43 Å². The number of halogens is 4. The van der Waals surface area contributed by atoms with Gasteiger partial charge >= 0.3 is 0 Å². The lowest BCUT2D eigenvalue weighted by Crippen LogP contribution is -2.50. The summed E-state index contributed by atoms with van der Waals surface area (Å²) in [4.78, 5) is 17.2. The molecular formula is C22H22F4N8O3. The lowest BCUT2D eigenvalue weighted by Gasteiger charge is -2.34. The minimum absolute atomic E-state index is 0.0712. The first kappa shape index (κ1) is 24.7. The van der Waals surface area contributed by atoms with Crippen LogP contribution in [-0.2, 0) is 11.3 Å². The van der Waals surface area contributed by atoms with Gasteiger partial charge in [0.1, 0.15) is 30.4 Å². The maximum Gasteiger partial charge on any atom is 0.258 e. The molecule has 0 aliphatic carbocycles. The van der Waals surface area contributed by atoms with Crippen molar-refractivity contribution in [1.82, 2.24) is 34.5 Å². The number of nitrogens with one attached hydrogen (secondary N) is 1. The van der Waals surface area contributed by atoms with Crippen LogP contribution in [0.2, 0.25) is 0 Å². The predicted octanol–water partition coefficient (Wildman–Crippen LogP) is 1.90. The van der Waals surface area contributed by atoms with Gasteiger partial charge in [-0.05, 0) is 30.2 Å². The highest BCUT2D eigenvalue weighted by Gasteiger charge is 2.32. The fraction of sp³-hybridized carbons (Fsp3) is 0.409. The van der Waals surface area contributed by atoms with Crippen molar-refractivity contribution in [2.75, 3.05) is 32.1 Å². The molecule has 1 amide bonds. The fourth-order valence-electron chi connectivity index (χ4n) is 4.44. The topological polar surface area (TPSA) is 123 Å². The molecule has 37 heavy (non-hydrogen) atoms. The molecule has 0 unspecified atom stereocenters. The minimum Gasteiger partial charge on any atom is -0.479 e. The molecule has 0 saturated carbocycles. The molecule has 2 N–H and O–H groups in total. The molecule has 1 fully saturated rings. The third kappa shape index (κ3) is 4.61. The van der Waals surface area contributed by atoms with Gasteiger partial charge in [-0.1, -0.05) is 5.21 Å². The Labute approximate surface area is 206 Å². The second-order valence-corrected chi connectivity index (χ2v) is 8.51. The van der Waals surface area contributed by atoms with E-state index in [0.717, 1.165) is 4.68 Å². The number of carbonyl (C=O) groups is 1. The Kier molecular flexibility index (Phi) is 6.54. The maximum absolute atomic E-state index is 14.8. The number of methoxy groups -OCH3 is 1. The summed E-state index contributed by atoms with van der Waals surface area (Å²) in [5.74, 6) is -1.09. The Balaban J connectivity index is 1.47. The number of carbonyl (C=O) groups excluding carboxylic acids is 1. The summed E-state index contributed by atoms with van der Waals surface area (Å²) in [5.41, 5.74) is 1.16. The lowest BCUT2D eigenvalue weighted by atomic mass is 10.0. The zero-order valence-corrected chi connectivity index (χ0v) is 19.5. The van der Waals surface area contributed by atoms with Gasteiger partial charge in [-0.25, -0.2) is 26.8 Å². The Morgan fingerprint density at radius 3 is 2.86 bits per heavy atom. The van der Waals surface area contributed by atoms with E-state index >= 15 is 0 Å². The van der Waals surface area contributed by atoms with Gasteiger partial charge in [0.05, 0.1) is 25.2 Å². The summed E-state index contributed by atoms with van der Waals surface area (Å²) >= 11 is 0. The van der Waals surface area contributed by atoms with Crippen molar-refractivity contribution in [2.24, 2.45) is 0 Å². The molecule has 5 rings (SSSR count). The Hall–Kier alpha value is -4.01. The molecule has 0 bridgehead atoms. The van der Waals surface area contributed by atoms with Crippen LogP contribution in [0.4, 0.5) is 23.5 Å². The molecule has 0 spiro atoms. The van der Waals surface area contributed by atoms with Gasteiger partial charge in [-0.2, -0.15) is 4.98 Å². The van der Waals surface area contributed by atoms with E-state index < -0.39 is 43.5 Å². The smallest absolute Gasteiger partial charge is 0.258 e. The van der Waals surface area contributed by atoms with Crippen LogP contribution in [0, 0.1) is 5.82 Å². The van der Waals surface area contributed by atoms with Gasteiger partial charge < -0.3 is 20.1 Å². The van der Waals surface area contributed by atoms with Crippen molar-refractivity contribution < 1.29 is 32.2 Å². The number of hydrogen-bond donors (Lipinski definition) is 2. The molecule has 11 nitrogen and oxygen atoms in total. The number of fused-ring (bicyclic) bond motifs is 2. The van der Waals surface area contributed by atoms with E-state index in [1.165, 1.54) is 28.7 Å². The highest BCUT2D eigenvalue weighted by Crippen LogP contribution is 2.34. The van der Waals surface area contributed by atoms with Crippen LogP contribution in [0.15, 0.2) is 24.4 Å². The van der Waals surface area contributed by atoms with E-state index in [4.69, 9.17) is 9.84 Å². The van der Waals surface area contributed by atoms with Crippen molar-refractivity contribution in [1.29, 1.82) is 0 Å². The first-order valence-corrected chi connectivity index (χ1v) is 11.3. The third-order valence-electron chi connectivity index (χ3n) is 6.21. The molecule has 1 saturated heterocycles. The average molecular weight is 522 g/mol. The molecule has 0 radical (unpaired) electrons. The number of anilines is 1. The molecule has 1 aliphatic heterocycles. The molecule has 3 aromatic heterocycles. The summed E-state index contributed by atoms with van der Waals surface area (Å²) in [5, 5.41) is 23.6. The van der Waals surface area contributed by atoms with Gasteiger partial charge in [0.2, 0.25) is 17.7 Å². The van der Waals surface area contributed by atoms with E-state index in [9.17, 15) is 22.4 Å². The SMILES string of the molecule is COc1nc(N[C@H]2CCN(C(=O)CO)C[C@H]2F)nn2ccc(-c3cc(F)c4nnn(CC(F)F)c4c3)c12.